The van der Waals surface area contributed by atoms with Crippen molar-refractivity contribution in [3.05, 3.63) is 83.4 Å². The Morgan fingerprint density at radius 2 is 1.64 bits per heavy atom. The lowest BCUT2D eigenvalue weighted by atomic mass is 10.2. The summed E-state index contributed by atoms with van der Waals surface area (Å²) in [4.78, 5) is 24.3. The molecule has 3 aromatic rings. The van der Waals surface area contributed by atoms with Crippen LogP contribution in [0, 0.1) is 0 Å². The highest BCUT2D eigenvalue weighted by Gasteiger charge is 2.29. The van der Waals surface area contributed by atoms with Crippen LogP contribution in [0.25, 0.3) is 0 Å². The van der Waals surface area contributed by atoms with Gasteiger partial charge in [-0.3, -0.25) is 9.59 Å². The SMILES string of the molecule is O=C1CN(S(=O)(=O)c2ccc(C(=O)Nc3ccccc3Oc3ccccc3Cl)cc2)CCN1. The highest BCUT2D eigenvalue weighted by atomic mass is 35.5. The molecule has 0 aliphatic carbocycles. The zero-order valence-electron chi connectivity index (χ0n) is 17.3. The summed E-state index contributed by atoms with van der Waals surface area (Å²) in [6.07, 6.45) is 0. The molecule has 1 saturated heterocycles. The van der Waals surface area contributed by atoms with E-state index in [1.54, 1.807) is 48.5 Å². The first-order chi connectivity index (χ1) is 15.8. The van der Waals surface area contributed by atoms with E-state index >= 15 is 0 Å². The molecule has 0 atom stereocenters. The number of carbonyl (C=O) groups is 2. The molecule has 170 valence electrons. The van der Waals surface area contributed by atoms with Gasteiger partial charge in [0.2, 0.25) is 15.9 Å². The van der Waals surface area contributed by atoms with Gasteiger partial charge in [-0.15, -0.1) is 0 Å². The van der Waals surface area contributed by atoms with Crippen LogP contribution in [0.5, 0.6) is 11.5 Å². The maximum atomic E-state index is 12.8. The third kappa shape index (κ3) is 5.16. The Hall–Kier alpha value is -3.40. The fraction of sp³-hybridized carbons (Fsp3) is 0.130. The lowest BCUT2D eigenvalue weighted by molar-refractivity contribution is -0.122. The van der Waals surface area contributed by atoms with E-state index in [0.717, 1.165) is 4.31 Å². The van der Waals surface area contributed by atoms with Crippen LogP contribution in [0.4, 0.5) is 5.69 Å². The van der Waals surface area contributed by atoms with E-state index in [1.807, 2.05) is 0 Å². The van der Waals surface area contributed by atoms with Gasteiger partial charge in [-0.1, -0.05) is 35.9 Å². The normalized spacial score (nSPS) is 14.4. The number of benzene rings is 3. The van der Waals surface area contributed by atoms with Crippen LogP contribution in [0.2, 0.25) is 5.02 Å². The first-order valence-electron chi connectivity index (χ1n) is 10.0. The predicted molar refractivity (Wildman–Crippen MR) is 124 cm³/mol. The standard InChI is InChI=1S/C23H20ClN3O5S/c24-18-5-1-3-7-20(18)32-21-8-4-2-6-19(21)26-23(29)16-9-11-17(12-10-16)33(30,31)27-14-13-25-22(28)15-27/h1-12H,13-15H2,(H,25,28)(H,26,29). The Balaban J connectivity index is 1.50. The third-order valence-corrected chi connectivity index (χ3v) is 7.12. The Morgan fingerprint density at radius 3 is 2.33 bits per heavy atom. The zero-order valence-corrected chi connectivity index (χ0v) is 18.9. The Kier molecular flexibility index (Phi) is 6.64. The van der Waals surface area contributed by atoms with Gasteiger partial charge in [0.25, 0.3) is 5.91 Å². The quantitative estimate of drug-likeness (QED) is 0.556. The Bertz CT molecular complexity index is 1300. The predicted octanol–water partition coefficient (Wildman–Crippen LogP) is 3.51. The van der Waals surface area contributed by atoms with Crippen molar-refractivity contribution in [2.24, 2.45) is 0 Å². The molecule has 0 radical (unpaired) electrons. The third-order valence-electron chi connectivity index (χ3n) is 4.95. The fourth-order valence-electron chi connectivity index (χ4n) is 3.25. The number of hydrogen-bond acceptors (Lipinski definition) is 5. The number of nitrogens with one attached hydrogen (secondary N) is 2. The lowest BCUT2D eigenvalue weighted by Crippen LogP contribution is -2.49. The first kappa shape index (κ1) is 22.8. The zero-order chi connectivity index (χ0) is 23.4. The molecule has 0 unspecified atom stereocenters. The number of halogens is 1. The summed E-state index contributed by atoms with van der Waals surface area (Å²) >= 11 is 6.16. The second kappa shape index (κ2) is 9.62. The van der Waals surface area contributed by atoms with Gasteiger partial charge in [0.1, 0.15) is 5.75 Å². The molecule has 1 fully saturated rings. The van der Waals surface area contributed by atoms with Gasteiger partial charge in [-0.2, -0.15) is 4.31 Å². The molecule has 3 aromatic carbocycles. The molecule has 1 heterocycles. The van der Waals surface area contributed by atoms with E-state index in [2.05, 4.69) is 10.6 Å². The largest absolute Gasteiger partial charge is 0.454 e. The van der Waals surface area contributed by atoms with Crippen LogP contribution in [-0.2, 0) is 14.8 Å². The minimum Gasteiger partial charge on any atom is -0.454 e. The van der Waals surface area contributed by atoms with Crippen molar-refractivity contribution in [3.8, 4) is 11.5 Å². The van der Waals surface area contributed by atoms with Gasteiger partial charge in [-0.05, 0) is 48.5 Å². The van der Waals surface area contributed by atoms with Gasteiger partial charge in [0, 0.05) is 18.7 Å². The molecule has 1 aliphatic heterocycles. The van der Waals surface area contributed by atoms with E-state index in [4.69, 9.17) is 16.3 Å². The number of amides is 2. The molecular weight excluding hydrogens is 466 g/mol. The van der Waals surface area contributed by atoms with E-state index in [9.17, 15) is 18.0 Å². The summed E-state index contributed by atoms with van der Waals surface area (Å²) in [6, 6.07) is 19.4. The number of sulfonamides is 1. The maximum Gasteiger partial charge on any atom is 0.255 e. The van der Waals surface area contributed by atoms with Crippen molar-refractivity contribution in [1.82, 2.24) is 9.62 Å². The van der Waals surface area contributed by atoms with Gasteiger partial charge in [0.15, 0.2) is 5.75 Å². The number of nitrogens with zero attached hydrogens (tertiary/aromatic N) is 1. The van der Waals surface area contributed by atoms with Crippen LogP contribution in [-0.4, -0.2) is 44.2 Å². The molecular formula is C23H20ClN3O5S. The highest BCUT2D eigenvalue weighted by Crippen LogP contribution is 2.33. The summed E-state index contributed by atoms with van der Waals surface area (Å²) in [5.41, 5.74) is 0.691. The summed E-state index contributed by atoms with van der Waals surface area (Å²) in [7, 11) is -3.83. The number of para-hydroxylation sites is 3. The second-order valence-corrected chi connectivity index (χ2v) is 9.54. The molecule has 0 saturated carbocycles. The fourth-order valence-corrected chi connectivity index (χ4v) is 4.82. The Labute approximate surface area is 196 Å². The Morgan fingerprint density at radius 1 is 0.970 bits per heavy atom. The molecule has 0 spiro atoms. The van der Waals surface area contributed by atoms with Crippen molar-refractivity contribution < 1.29 is 22.7 Å². The van der Waals surface area contributed by atoms with Gasteiger partial charge < -0.3 is 15.4 Å². The number of piperazine rings is 1. The van der Waals surface area contributed by atoms with Gasteiger partial charge in [-0.25, -0.2) is 8.42 Å². The molecule has 0 aromatic heterocycles. The molecule has 33 heavy (non-hydrogen) atoms. The van der Waals surface area contributed by atoms with Crippen LogP contribution < -0.4 is 15.4 Å². The van der Waals surface area contributed by atoms with Crippen molar-refractivity contribution in [3.63, 3.8) is 0 Å². The second-order valence-electron chi connectivity index (χ2n) is 7.20. The van der Waals surface area contributed by atoms with E-state index in [-0.39, 0.29) is 36.0 Å². The van der Waals surface area contributed by atoms with Gasteiger partial charge in [0.05, 0.1) is 22.2 Å². The number of carbonyl (C=O) groups excluding carboxylic acids is 2. The smallest absolute Gasteiger partial charge is 0.255 e. The van der Waals surface area contributed by atoms with E-state index in [0.29, 0.717) is 22.2 Å². The van der Waals surface area contributed by atoms with Crippen molar-refractivity contribution in [2.45, 2.75) is 4.90 Å². The van der Waals surface area contributed by atoms with Crippen LogP contribution in [0.3, 0.4) is 0 Å². The lowest BCUT2D eigenvalue weighted by Gasteiger charge is -2.25. The molecule has 8 nitrogen and oxygen atoms in total. The minimum absolute atomic E-state index is 0.0104. The van der Waals surface area contributed by atoms with Crippen molar-refractivity contribution in [1.29, 1.82) is 0 Å². The monoisotopic (exact) mass is 485 g/mol. The molecule has 4 rings (SSSR count). The summed E-state index contributed by atoms with van der Waals surface area (Å²) in [6.45, 7) is 0.222. The van der Waals surface area contributed by atoms with Crippen LogP contribution in [0.15, 0.2) is 77.7 Å². The van der Waals surface area contributed by atoms with Gasteiger partial charge >= 0.3 is 0 Å². The minimum atomic E-state index is -3.83. The number of rotatable bonds is 6. The maximum absolute atomic E-state index is 12.8. The van der Waals surface area contributed by atoms with Crippen molar-refractivity contribution >= 4 is 39.1 Å². The molecule has 10 heteroatoms. The number of hydrogen-bond donors (Lipinski definition) is 2. The van der Waals surface area contributed by atoms with Crippen molar-refractivity contribution in [2.75, 3.05) is 25.0 Å². The summed E-state index contributed by atoms with van der Waals surface area (Å²) < 4.78 is 32.5. The first-order valence-corrected chi connectivity index (χ1v) is 11.9. The average molecular weight is 486 g/mol. The van der Waals surface area contributed by atoms with E-state index in [1.165, 1.54) is 24.3 Å². The van der Waals surface area contributed by atoms with Crippen LogP contribution in [0.1, 0.15) is 10.4 Å². The molecule has 0 bridgehead atoms. The molecule has 2 N–H and O–H groups in total. The molecule has 2 amide bonds. The van der Waals surface area contributed by atoms with Crippen LogP contribution >= 0.6 is 11.6 Å². The summed E-state index contributed by atoms with van der Waals surface area (Å²) in [5.74, 6) is 0.0633. The molecule has 1 aliphatic rings. The number of ether oxygens (including phenoxy) is 1. The number of anilines is 1. The summed E-state index contributed by atoms with van der Waals surface area (Å²) in [5, 5.41) is 5.80. The van der Waals surface area contributed by atoms with E-state index < -0.39 is 15.9 Å². The average Bonchev–Trinajstić information content (AvgIpc) is 2.82. The topological polar surface area (TPSA) is 105 Å². The highest BCUT2D eigenvalue weighted by molar-refractivity contribution is 7.89.